The van der Waals surface area contributed by atoms with E-state index >= 15 is 0 Å². The van der Waals surface area contributed by atoms with Gasteiger partial charge in [0, 0.05) is 26.2 Å². The average molecular weight is 229 g/mol. The van der Waals surface area contributed by atoms with Crippen molar-refractivity contribution in [2.24, 2.45) is 0 Å². The first-order chi connectivity index (χ1) is 7.09. The summed E-state index contributed by atoms with van der Waals surface area (Å²) < 4.78 is 21.9. The topological polar surface area (TPSA) is 48.4 Å². The van der Waals surface area contributed by atoms with Crippen LogP contribution in [0.2, 0.25) is 0 Å². The van der Waals surface area contributed by atoms with Gasteiger partial charge in [-0.1, -0.05) is 6.92 Å². The quantitative estimate of drug-likeness (QED) is 0.728. The standard InChI is InChI=1S/C10H16NO3P/c1-4-10(14-15(3,12)13-2)9-5-7-11-8-6-9/h5-8,10H,4H2,1-3H3/t10-,15?/m0/s1. The number of rotatable bonds is 5. The van der Waals surface area contributed by atoms with Gasteiger partial charge < -0.3 is 9.05 Å². The van der Waals surface area contributed by atoms with E-state index in [2.05, 4.69) is 4.98 Å². The number of hydrogen-bond donors (Lipinski definition) is 0. The van der Waals surface area contributed by atoms with Gasteiger partial charge >= 0.3 is 7.60 Å². The van der Waals surface area contributed by atoms with Crippen LogP contribution in [0, 0.1) is 0 Å². The maximum Gasteiger partial charge on any atom is 0.327 e. The van der Waals surface area contributed by atoms with Crippen molar-refractivity contribution in [1.82, 2.24) is 4.98 Å². The lowest BCUT2D eigenvalue weighted by atomic mass is 10.1. The zero-order valence-corrected chi connectivity index (χ0v) is 10.1. The molecule has 0 saturated heterocycles. The molecule has 0 saturated carbocycles. The smallest absolute Gasteiger partial charge is 0.312 e. The molecule has 5 heteroatoms. The third kappa shape index (κ3) is 3.74. The Hall–Kier alpha value is -0.700. The minimum Gasteiger partial charge on any atom is -0.312 e. The van der Waals surface area contributed by atoms with E-state index in [1.165, 1.54) is 13.8 Å². The maximum atomic E-state index is 11.7. The fourth-order valence-electron chi connectivity index (χ4n) is 1.22. The summed E-state index contributed by atoms with van der Waals surface area (Å²) >= 11 is 0. The summed E-state index contributed by atoms with van der Waals surface area (Å²) in [5.41, 5.74) is 0.964. The van der Waals surface area contributed by atoms with Gasteiger partial charge in [-0.3, -0.25) is 9.55 Å². The molecule has 84 valence electrons. The molecule has 0 N–H and O–H groups in total. The van der Waals surface area contributed by atoms with Gasteiger partial charge in [0.1, 0.15) is 0 Å². The highest BCUT2D eigenvalue weighted by Crippen LogP contribution is 2.48. The molecule has 0 amide bonds. The highest BCUT2D eigenvalue weighted by molar-refractivity contribution is 7.52. The van der Waals surface area contributed by atoms with Crippen LogP contribution in [0.1, 0.15) is 25.0 Å². The molecule has 1 aromatic heterocycles. The summed E-state index contributed by atoms with van der Waals surface area (Å²) in [5, 5.41) is 0. The molecule has 0 radical (unpaired) electrons. The Kier molecular flexibility index (Phi) is 4.45. The van der Waals surface area contributed by atoms with E-state index in [1.807, 2.05) is 19.1 Å². The Balaban J connectivity index is 2.78. The summed E-state index contributed by atoms with van der Waals surface area (Å²) in [6.45, 7) is 3.44. The number of hydrogen-bond acceptors (Lipinski definition) is 4. The Morgan fingerprint density at radius 3 is 2.53 bits per heavy atom. The second kappa shape index (κ2) is 5.40. The summed E-state index contributed by atoms with van der Waals surface area (Å²) in [6.07, 6.45) is 3.91. The molecule has 1 heterocycles. The number of pyridine rings is 1. The van der Waals surface area contributed by atoms with Crippen LogP contribution in [0.3, 0.4) is 0 Å². The molecular formula is C10H16NO3P. The van der Waals surface area contributed by atoms with Gasteiger partial charge in [0.25, 0.3) is 0 Å². The van der Waals surface area contributed by atoms with Crippen molar-refractivity contribution < 1.29 is 13.6 Å². The van der Waals surface area contributed by atoms with Gasteiger partial charge in [-0.05, 0) is 24.1 Å². The van der Waals surface area contributed by atoms with Crippen LogP contribution in [0.15, 0.2) is 24.5 Å². The zero-order chi connectivity index (χ0) is 11.3. The normalized spacial score (nSPS) is 17.0. The van der Waals surface area contributed by atoms with Crippen molar-refractivity contribution in [3.8, 4) is 0 Å². The number of nitrogens with zero attached hydrogens (tertiary/aromatic N) is 1. The van der Waals surface area contributed by atoms with Crippen LogP contribution in [0.4, 0.5) is 0 Å². The molecule has 15 heavy (non-hydrogen) atoms. The highest BCUT2D eigenvalue weighted by atomic mass is 31.2. The minimum atomic E-state index is -2.93. The van der Waals surface area contributed by atoms with Crippen molar-refractivity contribution in [1.29, 1.82) is 0 Å². The van der Waals surface area contributed by atoms with E-state index < -0.39 is 7.60 Å². The van der Waals surface area contributed by atoms with Gasteiger partial charge in [0.05, 0.1) is 6.10 Å². The average Bonchev–Trinajstić information content (AvgIpc) is 2.27. The van der Waals surface area contributed by atoms with E-state index in [1.54, 1.807) is 12.4 Å². The lowest BCUT2D eigenvalue weighted by molar-refractivity contribution is 0.162. The van der Waals surface area contributed by atoms with Crippen LogP contribution in [0.25, 0.3) is 0 Å². The van der Waals surface area contributed by atoms with Crippen molar-refractivity contribution >= 4 is 7.60 Å². The van der Waals surface area contributed by atoms with Gasteiger partial charge in [0.2, 0.25) is 0 Å². The van der Waals surface area contributed by atoms with Crippen LogP contribution in [0.5, 0.6) is 0 Å². The Morgan fingerprint density at radius 2 is 2.07 bits per heavy atom. The molecular weight excluding hydrogens is 213 g/mol. The lowest BCUT2D eigenvalue weighted by Crippen LogP contribution is -2.02. The molecule has 2 atom stereocenters. The maximum absolute atomic E-state index is 11.7. The van der Waals surface area contributed by atoms with Crippen molar-refractivity contribution in [3.63, 3.8) is 0 Å². The summed E-state index contributed by atoms with van der Waals surface area (Å²) in [5.74, 6) is 0. The van der Waals surface area contributed by atoms with Crippen molar-refractivity contribution in [2.75, 3.05) is 13.8 Å². The van der Waals surface area contributed by atoms with E-state index in [-0.39, 0.29) is 6.10 Å². The van der Waals surface area contributed by atoms with Crippen LogP contribution >= 0.6 is 7.60 Å². The van der Waals surface area contributed by atoms with E-state index in [0.29, 0.717) is 0 Å². The van der Waals surface area contributed by atoms with Crippen molar-refractivity contribution in [2.45, 2.75) is 19.4 Å². The third-order valence-corrected chi connectivity index (χ3v) is 3.40. The fourth-order valence-corrected chi connectivity index (χ4v) is 2.04. The molecule has 1 unspecified atom stereocenters. The summed E-state index contributed by atoms with van der Waals surface area (Å²) in [6, 6.07) is 3.70. The Bertz CT molecular complexity index is 342. The monoisotopic (exact) mass is 229 g/mol. The molecule has 1 aromatic rings. The van der Waals surface area contributed by atoms with E-state index in [0.717, 1.165) is 12.0 Å². The predicted octanol–water partition coefficient (Wildman–Crippen LogP) is 3.02. The van der Waals surface area contributed by atoms with Crippen molar-refractivity contribution in [3.05, 3.63) is 30.1 Å². The predicted molar refractivity (Wildman–Crippen MR) is 58.9 cm³/mol. The Morgan fingerprint density at radius 1 is 1.47 bits per heavy atom. The summed E-state index contributed by atoms with van der Waals surface area (Å²) in [4.78, 5) is 3.92. The molecule has 0 bridgehead atoms. The van der Waals surface area contributed by atoms with Gasteiger partial charge in [-0.15, -0.1) is 0 Å². The molecule has 0 aliphatic carbocycles. The van der Waals surface area contributed by atoms with Gasteiger partial charge in [-0.25, -0.2) is 0 Å². The largest absolute Gasteiger partial charge is 0.327 e. The third-order valence-electron chi connectivity index (χ3n) is 2.10. The second-order valence-electron chi connectivity index (χ2n) is 3.24. The summed E-state index contributed by atoms with van der Waals surface area (Å²) in [7, 11) is -1.54. The molecule has 1 rings (SSSR count). The SMILES string of the molecule is CC[C@H](OP(C)(=O)OC)c1ccncc1. The van der Waals surface area contributed by atoms with E-state index in [4.69, 9.17) is 9.05 Å². The van der Waals surface area contributed by atoms with Gasteiger partial charge in [0.15, 0.2) is 0 Å². The van der Waals surface area contributed by atoms with Crippen LogP contribution in [-0.4, -0.2) is 18.8 Å². The molecule has 0 aromatic carbocycles. The minimum absolute atomic E-state index is 0.205. The van der Waals surface area contributed by atoms with Gasteiger partial charge in [-0.2, -0.15) is 0 Å². The molecule has 0 aliphatic rings. The number of aromatic nitrogens is 1. The lowest BCUT2D eigenvalue weighted by Gasteiger charge is -2.20. The second-order valence-corrected chi connectivity index (χ2v) is 5.36. The molecule has 0 spiro atoms. The van der Waals surface area contributed by atoms with Crippen LogP contribution in [-0.2, 0) is 13.6 Å². The first-order valence-electron chi connectivity index (χ1n) is 4.80. The highest BCUT2D eigenvalue weighted by Gasteiger charge is 2.21. The first kappa shape index (κ1) is 12.4. The molecule has 0 fully saturated rings. The molecule has 4 nitrogen and oxygen atoms in total. The molecule has 0 aliphatic heterocycles. The van der Waals surface area contributed by atoms with Crippen LogP contribution < -0.4 is 0 Å². The fraction of sp³-hybridized carbons (Fsp3) is 0.500. The Labute approximate surface area is 90.2 Å². The first-order valence-corrected chi connectivity index (χ1v) is 6.79. The zero-order valence-electron chi connectivity index (χ0n) is 9.21. The van der Waals surface area contributed by atoms with E-state index in [9.17, 15) is 4.57 Å².